The normalized spacial score (nSPS) is 10.7. The van der Waals surface area contributed by atoms with Gasteiger partial charge in [0.05, 0.1) is 13.1 Å². The number of thiocarbonyl (C=S) groups is 1. The minimum Gasteiger partial charge on any atom is -0.358 e. The van der Waals surface area contributed by atoms with Crippen molar-refractivity contribution in [3.05, 3.63) is 65.2 Å². The first-order chi connectivity index (χ1) is 11.6. The van der Waals surface area contributed by atoms with Crippen LogP contribution in [0.3, 0.4) is 0 Å². The van der Waals surface area contributed by atoms with E-state index in [4.69, 9.17) is 12.2 Å². The van der Waals surface area contributed by atoms with Crippen molar-refractivity contribution in [3.63, 3.8) is 0 Å². The fourth-order valence-corrected chi connectivity index (χ4v) is 2.81. The average Bonchev–Trinajstić information content (AvgIpc) is 2.61. The fraction of sp³-hybridized carbons (Fsp3) is 0.350. The average molecular weight is 343 g/mol. The summed E-state index contributed by atoms with van der Waals surface area (Å²) >= 11 is 5.38. The smallest absolute Gasteiger partial charge is 0.171 e. The number of benzene rings is 2. The van der Waals surface area contributed by atoms with Crippen molar-refractivity contribution in [1.29, 1.82) is 0 Å². The lowest BCUT2D eigenvalue weighted by Gasteiger charge is -2.16. The predicted octanol–water partition coefficient (Wildman–Crippen LogP) is 2.91. The van der Waals surface area contributed by atoms with Gasteiger partial charge in [-0.15, -0.1) is 0 Å². The van der Waals surface area contributed by atoms with Gasteiger partial charge in [0.2, 0.25) is 0 Å². The molecule has 0 amide bonds. The van der Waals surface area contributed by atoms with Gasteiger partial charge in [-0.25, -0.2) is 0 Å². The molecule has 0 aromatic heterocycles. The minimum atomic E-state index is 0.654. The Bertz CT molecular complexity index is 648. The van der Waals surface area contributed by atoms with E-state index in [0.29, 0.717) is 5.11 Å². The van der Waals surface area contributed by atoms with E-state index in [1.165, 1.54) is 29.8 Å². The number of nitrogens with one attached hydrogen (secondary N) is 3. The van der Waals surface area contributed by atoms with E-state index in [0.717, 1.165) is 18.8 Å². The third kappa shape index (κ3) is 5.62. The van der Waals surface area contributed by atoms with Crippen molar-refractivity contribution < 1.29 is 4.90 Å². The zero-order valence-corrected chi connectivity index (χ0v) is 15.7. The molecule has 0 spiro atoms. The lowest BCUT2D eigenvalue weighted by molar-refractivity contribution is -0.910. The van der Waals surface area contributed by atoms with Gasteiger partial charge >= 0.3 is 0 Å². The van der Waals surface area contributed by atoms with Crippen LogP contribution in [0.2, 0.25) is 0 Å². The Hall–Kier alpha value is -1.91. The molecule has 2 aromatic carbocycles. The Morgan fingerprint density at radius 3 is 2.21 bits per heavy atom. The molecule has 2 aromatic rings. The van der Waals surface area contributed by atoms with Crippen molar-refractivity contribution in [2.24, 2.45) is 0 Å². The maximum atomic E-state index is 5.38. The van der Waals surface area contributed by atoms with Crippen molar-refractivity contribution in [2.75, 3.05) is 18.4 Å². The third-order valence-corrected chi connectivity index (χ3v) is 4.57. The summed E-state index contributed by atoms with van der Waals surface area (Å²) in [6.07, 6.45) is 0. The second kappa shape index (κ2) is 9.40. The summed E-state index contributed by atoms with van der Waals surface area (Å²) in [5.74, 6) is 0. The molecule has 0 aliphatic carbocycles. The van der Waals surface area contributed by atoms with Gasteiger partial charge in [0.15, 0.2) is 5.11 Å². The summed E-state index contributed by atoms with van der Waals surface area (Å²) < 4.78 is 0. The van der Waals surface area contributed by atoms with Gasteiger partial charge in [-0.2, -0.15) is 0 Å². The summed E-state index contributed by atoms with van der Waals surface area (Å²) in [5, 5.41) is 7.18. The van der Waals surface area contributed by atoms with E-state index < -0.39 is 0 Å². The van der Waals surface area contributed by atoms with E-state index in [1.54, 1.807) is 4.90 Å². The Kier molecular flexibility index (Phi) is 7.22. The molecule has 128 valence electrons. The van der Waals surface area contributed by atoms with E-state index in [2.05, 4.69) is 61.7 Å². The van der Waals surface area contributed by atoms with Crippen LogP contribution in [0, 0.1) is 6.92 Å². The number of quaternary nitrogens is 1. The molecule has 0 unspecified atom stereocenters. The molecule has 0 heterocycles. The minimum absolute atomic E-state index is 0.654. The van der Waals surface area contributed by atoms with Gasteiger partial charge < -0.3 is 15.5 Å². The zero-order valence-electron chi connectivity index (χ0n) is 14.9. The van der Waals surface area contributed by atoms with Crippen LogP contribution in [-0.4, -0.2) is 18.2 Å². The van der Waals surface area contributed by atoms with Crippen LogP contribution >= 0.6 is 12.2 Å². The van der Waals surface area contributed by atoms with Crippen LogP contribution in [-0.2, 0) is 13.1 Å². The highest BCUT2D eigenvalue weighted by Gasteiger charge is 2.05. The Morgan fingerprint density at radius 2 is 1.58 bits per heavy atom. The van der Waals surface area contributed by atoms with Crippen LogP contribution in [0.15, 0.2) is 48.5 Å². The summed E-state index contributed by atoms with van der Waals surface area (Å²) in [6, 6.07) is 17.0. The molecular weight excluding hydrogens is 314 g/mol. The van der Waals surface area contributed by atoms with Crippen molar-refractivity contribution >= 4 is 23.0 Å². The number of rotatable bonds is 7. The highest BCUT2D eigenvalue weighted by Crippen LogP contribution is 2.12. The van der Waals surface area contributed by atoms with Gasteiger partial charge in [-0.3, -0.25) is 0 Å². The van der Waals surface area contributed by atoms with Gasteiger partial charge in [0, 0.05) is 17.8 Å². The van der Waals surface area contributed by atoms with E-state index in [9.17, 15) is 0 Å². The van der Waals surface area contributed by atoms with Gasteiger partial charge in [-0.1, -0.05) is 42.5 Å². The molecule has 0 fully saturated rings. The molecular formula is C20H28N3S+. The molecule has 0 aliphatic heterocycles. The monoisotopic (exact) mass is 342 g/mol. The number of hydrogen-bond acceptors (Lipinski definition) is 1. The highest BCUT2D eigenvalue weighted by atomic mass is 32.1. The molecule has 4 heteroatoms. The van der Waals surface area contributed by atoms with Crippen molar-refractivity contribution in [1.82, 2.24) is 5.32 Å². The summed E-state index contributed by atoms with van der Waals surface area (Å²) in [6.45, 7) is 10.7. The third-order valence-electron chi connectivity index (χ3n) is 4.32. The largest absolute Gasteiger partial charge is 0.358 e. The zero-order chi connectivity index (χ0) is 17.4. The Morgan fingerprint density at radius 1 is 0.958 bits per heavy atom. The molecule has 0 saturated heterocycles. The lowest BCUT2D eigenvalue weighted by Crippen LogP contribution is -3.10. The summed E-state index contributed by atoms with van der Waals surface area (Å²) in [5.41, 5.74) is 4.86. The van der Waals surface area contributed by atoms with Crippen LogP contribution in [0.25, 0.3) is 0 Å². The molecule has 0 saturated carbocycles. The summed E-state index contributed by atoms with van der Waals surface area (Å²) in [4.78, 5) is 1.60. The van der Waals surface area contributed by atoms with E-state index >= 15 is 0 Å². The quantitative estimate of drug-likeness (QED) is 0.676. The van der Waals surface area contributed by atoms with Gasteiger partial charge in [-0.05, 0) is 50.2 Å². The highest BCUT2D eigenvalue weighted by molar-refractivity contribution is 7.80. The first kappa shape index (κ1) is 18.4. The number of aryl methyl sites for hydroxylation is 1. The number of hydrogen-bond donors (Lipinski definition) is 3. The number of anilines is 1. The molecule has 2 rings (SSSR count). The molecule has 0 radical (unpaired) electrons. The number of para-hydroxylation sites is 1. The molecule has 0 bridgehead atoms. The molecule has 3 N–H and O–H groups in total. The van der Waals surface area contributed by atoms with Crippen LogP contribution in [0.4, 0.5) is 5.69 Å². The fourth-order valence-electron chi connectivity index (χ4n) is 2.63. The van der Waals surface area contributed by atoms with E-state index in [1.807, 2.05) is 18.2 Å². The second-order valence-electron chi connectivity index (χ2n) is 6.07. The second-order valence-corrected chi connectivity index (χ2v) is 6.48. The summed E-state index contributed by atoms with van der Waals surface area (Å²) in [7, 11) is 0. The molecule has 0 aliphatic rings. The van der Waals surface area contributed by atoms with Gasteiger partial charge in [0.1, 0.15) is 6.54 Å². The Labute approximate surface area is 151 Å². The van der Waals surface area contributed by atoms with Crippen LogP contribution in [0.1, 0.15) is 30.5 Å². The Balaban J connectivity index is 1.83. The van der Waals surface area contributed by atoms with Crippen LogP contribution < -0.4 is 15.5 Å². The predicted molar refractivity (Wildman–Crippen MR) is 106 cm³/mol. The van der Waals surface area contributed by atoms with Crippen LogP contribution in [0.5, 0.6) is 0 Å². The first-order valence-electron chi connectivity index (χ1n) is 8.64. The van der Waals surface area contributed by atoms with E-state index in [-0.39, 0.29) is 0 Å². The lowest BCUT2D eigenvalue weighted by atomic mass is 10.1. The standard InChI is InChI=1S/C20H27N3S/c1-4-23(5-2)15-18-12-10-17(11-13-18)14-21-20(24)22-19-9-7-6-8-16(19)3/h6-13H,4-5,14-15H2,1-3H3,(H2,21,22,24)/p+1. The SMILES string of the molecule is CC[NH+](CC)Cc1ccc(CNC(=S)Nc2ccccc2C)cc1. The first-order valence-corrected chi connectivity index (χ1v) is 9.05. The topological polar surface area (TPSA) is 28.5 Å². The van der Waals surface area contributed by atoms with Crippen molar-refractivity contribution in [3.8, 4) is 0 Å². The molecule has 0 atom stereocenters. The molecule has 24 heavy (non-hydrogen) atoms. The van der Waals surface area contributed by atoms with Crippen molar-refractivity contribution in [2.45, 2.75) is 33.9 Å². The maximum Gasteiger partial charge on any atom is 0.171 e. The van der Waals surface area contributed by atoms with Gasteiger partial charge in [0.25, 0.3) is 0 Å². The maximum absolute atomic E-state index is 5.38. The molecule has 3 nitrogen and oxygen atoms in total.